The number of carbonyl (C=O) groups is 1. The largest absolute Gasteiger partial charge is 0.508 e. The fourth-order valence-electron chi connectivity index (χ4n) is 5.38. The molecular weight excluding hydrogens is 434 g/mol. The molecule has 32 heavy (non-hydrogen) atoms. The fraction of sp³-hybridized carbons (Fsp3) is 0.348. The van der Waals surface area contributed by atoms with E-state index in [2.05, 4.69) is 0 Å². The monoisotopic (exact) mass is 455 g/mol. The van der Waals surface area contributed by atoms with Gasteiger partial charge in [-0.2, -0.15) is 0 Å². The van der Waals surface area contributed by atoms with Crippen molar-refractivity contribution in [2.45, 2.75) is 51.0 Å². The lowest BCUT2D eigenvalue weighted by molar-refractivity contribution is -0.172. The summed E-state index contributed by atoms with van der Waals surface area (Å²) in [6.07, 6.45) is 1.52. The maximum Gasteiger partial charge on any atom is 0.343 e. The van der Waals surface area contributed by atoms with E-state index in [4.69, 9.17) is 15.5 Å². The van der Waals surface area contributed by atoms with E-state index in [9.17, 15) is 19.8 Å². The Labute approximate surface area is 189 Å². The third-order valence-corrected chi connectivity index (χ3v) is 7.06. The molecule has 2 aromatic heterocycles. The number of aromatic nitrogens is 2. The number of phenols is 1. The zero-order valence-electron chi connectivity index (χ0n) is 17.3. The van der Waals surface area contributed by atoms with Crippen molar-refractivity contribution in [3.63, 3.8) is 0 Å². The summed E-state index contributed by atoms with van der Waals surface area (Å²) in [5.74, 6) is -0.574. The second-order valence-corrected chi connectivity index (χ2v) is 8.56. The van der Waals surface area contributed by atoms with Crippen LogP contribution in [0.25, 0.3) is 22.3 Å². The molecule has 0 radical (unpaired) electrons. The molecule has 0 spiro atoms. The standard InChI is InChI=1S/C23H21N3O5.ClH/c1-2-23(30)13-7-16-20-11(8-26(16)21(28)12(13)9-31-22(23)29)10-3-4-14(24)19-17(27)6-5-15(25-20)18(10)19;/h5-7,14,27,30H,2-4,8-9,24H2,1H3;1H/t14?,23-;/m0./s1. The lowest BCUT2D eigenvalue weighted by Gasteiger charge is -2.31. The molecule has 9 heteroatoms. The van der Waals surface area contributed by atoms with E-state index in [1.807, 2.05) is 0 Å². The lowest BCUT2D eigenvalue weighted by Crippen LogP contribution is -2.44. The van der Waals surface area contributed by atoms with Crippen LogP contribution in [0, 0.1) is 0 Å². The van der Waals surface area contributed by atoms with Gasteiger partial charge in [-0.3, -0.25) is 4.79 Å². The maximum absolute atomic E-state index is 13.3. The highest BCUT2D eigenvalue weighted by Crippen LogP contribution is 2.45. The smallest absolute Gasteiger partial charge is 0.343 e. The lowest BCUT2D eigenvalue weighted by atomic mass is 9.83. The Balaban J connectivity index is 0.00000216. The highest BCUT2D eigenvalue weighted by molar-refractivity contribution is 5.93. The molecule has 1 aromatic carbocycles. The summed E-state index contributed by atoms with van der Waals surface area (Å²) in [5, 5.41) is 22.3. The third-order valence-electron chi connectivity index (χ3n) is 7.06. The number of pyridine rings is 2. The molecular formula is C23H22ClN3O5. The molecule has 0 saturated heterocycles. The summed E-state index contributed by atoms with van der Waals surface area (Å²) in [7, 11) is 0. The zero-order valence-corrected chi connectivity index (χ0v) is 18.2. The van der Waals surface area contributed by atoms with Crippen molar-refractivity contribution in [3.8, 4) is 17.1 Å². The summed E-state index contributed by atoms with van der Waals surface area (Å²) in [4.78, 5) is 30.5. The minimum absolute atomic E-state index is 0. The topological polar surface area (TPSA) is 128 Å². The number of ether oxygens (including phenoxy) is 1. The minimum Gasteiger partial charge on any atom is -0.508 e. The molecule has 1 aliphatic carbocycles. The van der Waals surface area contributed by atoms with E-state index in [0.29, 0.717) is 46.6 Å². The first-order valence-corrected chi connectivity index (χ1v) is 10.4. The number of rotatable bonds is 1. The van der Waals surface area contributed by atoms with Crippen molar-refractivity contribution in [2.24, 2.45) is 5.73 Å². The molecule has 0 saturated carbocycles. The molecule has 8 nitrogen and oxygen atoms in total. The molecule has 3 aliphatic rings. The highest BCUT2D eigenvalue weighted by atomic mass is 35.5. The number of hydrogen-bond donors (Lipinski definition) is 3. The van der Waals surface area contributed by atoms with Gasteiger partial charge in [0.15, 0.2) is 5.60 Å². The van der Waals surface area contributed by atoms with Crippen LogP contribution in [0.3, 0.4) is 0 Å². The molecule has 3 aromatic rings. The fourth-order valence-corrected chi connectivity index (χ4v) is 5.38. The molecule has 166 valence electrons. The van der Waals surface area contributed by atoms with Crippen LogP contribution >= 0.6 is 12.4 Å². The Morgan fingerprint density at radius 1 is 1.28 bits per heavy atom. The van der Waals surface area contributed by atoms with Gasteiger partial charge in [-0.1, -0.05) is 6.92 Å². The number of esters is 1. The van der Waals surface area contributed by atoms with Crippen molar-refractivity contribution in [2.75, 3.05) is 0 Å². The molecule has 6 rings (SSSR count). The van der Waals surface area contributed by atoms with E-state index in [1.54, 1.807) is 29.7 Å². The molecule has 4 heterocycles. The summed E-state index contributed by atoms with van der Waals surface area (Å²) in [6, 6.07) is 4.81. The van der Waals surface area contributed by atoms with Gasteiger partial charge in [-0.05, 0) is 43.0 Å². The van der Waals surface area contributed by atoms with Gasteiger partial charge in [0.2, 0.25) is 0 Å². The van der Waals surface area contributed by atoms with Crippen LogP contribution in [0.4, 0.5) is 0 Å². The number of cyclic esters (lactones) is 1. The van der Waals surface area contributed by atoms with E-state index >= 15 is 0 Å². The second-order valence-electron chi connectivity index (χ2n) is 8.56. The predicted octanol–water partition coefficient (Wildman–Crippen LogP) is 2.15. The number of carbonyl (C=O) groups excluding carboxylic acids is 1. The summed E-state index contributed by atoms with van der Waals surface area (Å²) >= 11 is 0. The Bertz CT molecular complexity index is 1400. The second kappa shape index (κ2) is 6.78. The Morgan fingerprint density at radius 2 is 2.06 bits per heavy atom. The first-order chi connectivity index (χ1) is 14.8. The number of aliphatic hydroxyl groups is 1. The molecule has 1 unspecified atom stereocenters. The average Bonchev–Trinajstić information content (AvgIpc) is 3.13. The SMILES string of the molecule is CC[C@@]1(O)C(=O)OCc2c1cc1n(c2=O)Cc2c-1nc1ccc(O)c3c1c2CCC3N.Cl. The molecule has 0 bridgehead atoms. The van der Waals surface area contributed by atoms with E-state index in [0.717, 1.165) is 22.9 Å². The van der Waals surface area contributed by atoms with Crippen LogP contribution in [0.1, 0.15) is 53.6 Å². The van der Waals surface area contributed by atoms with Crippen LogP contribution in [0.15, 0.2) is 23.0 Å². The summed E-state index contributed by atoms with van der Waals surface area (Å²) < 4.78 is 6.76. The maximum atomic E-state index is 13.3. The van der Waals surface area contributed by atoms with Crippen LogP contribution in [0.5, 0.6) is 5.75 Å². The molecule has 2 aliphatic heterocycles. The zero-order chi connectivity index (χ0) is 21.7. The van der Waals surface area contributed by atoms with Crippen molar-refractivity contribution >= 4 is 29.3 Å². The number of aromatic hydroxyl groups is 1. The van der Waals surface area contributed by atoms with Crippen molar-refractivity contribution in [1.82, 2.24) is 9.55 Å². The van der Waals surface area contributed by atoms with Gasteiger partial charge >= 0.3 is 5.97 Å². The van der Waals surface area contributed by atoms with Crippen molar-refractivity contribution in [1.29, 1.82) is 0 Å². The molecule has 0 fully saturated rings. The highest BCUT2D eigenvalue weighted by Gasteiger charge is 2.45. The number of nitrogens with zero attached hydrogens (tertiary/aromatic N) is 2. The predicted molar refractivity (Wildman–Crippen MR) is 119 cm³/mol. The summed E-state index contributed by atoms with van der Waals surface area (Å²) in [5.41, 5.74) is 9.42. The van der Waals surface area contributed by atoms with Gasteiger partial charge in [0, 0.05) is 28.1 Å². The Morgan fingerprint density at radius 3 is 2.81 bits per heavy atom. The van der Waals surface area contributed by atoms with Gasteiger partial charge in [0.1, 0.15) is 12.4 Å². The van der Waals surface area contributed by atoms with E-state index in [-0.39, 0.29) is 42.8 Å². The van der Waals surface area contributed by atoms with Crippen molar-refractivity contribution in [3.05, 3.63) is 56.4 Å². The van der Waals surface area contributed by atoms with E-state index < -0.39 is 11.6 Å². The van der Waals surface area contributed by atoms with Crippen molar-refractivity contribution < 1.29 is 19.7 Å². The van der Waals surface area contributed by atoms with Crippen LogP contribution in [-0.4, -0.2) is 25.7 Å². The Kier molecular flexibility index (Phi) is 4.43. The normalized spacial score (nSPS) is 22.6. The van der Waals surface area contributed by atoms with Crippen LogP contribution in [-0.2, 0) is 34.7 Å². The average molecular weight is 456 g/mol. The number of phenolic OH excluding ortho intramolecular Hbond substituents is 1. The minimum atomic E-state index is -1.85. The van der Waals surface area contributed by atoms with Gasteiger partial charge in [0.05, 0.1) is 29.0 Å². The molecule has 2 atom stereocenters. The molecule has 0 amide bonds. The number of aryl methyl sites for hydroxylation is 1. The number of hydrogen-bond acceptors (Lipinski definition) is 7. The first-order valence-electron chi connectivity index (χ1n) is 10.4. The first kappa shape index (κ1) is 20.9. The van der Waals surface area contributed by atoms with Gasteiger partial charge in [-0.25, -0.2) is 9.78 Å². The number of fused-ring (bicyclic) bond motifs is 5. The van der Waals surface area contributed by atoms with E-state index in [1.165, 1.54) is 0 Å². The number of halogens is 1. The van der Waals surface area contributed by atoms with Crippen LogP contribution in [0.2, 0.25) is 0 Å². The molecule has 4 N–H and O–H groups in total. The van der Waals surface area contributed by atoms with Crippen LogP contribution < -0.4 is 11.3 Å². The summed E-state index contributed by atoms with van der Waals surface area (Å²) in [6.45, 7) is 1.88. The number of benzene rings is 1. The number of nitrogens with two attached hydrogens (primary N) is 1. The van der Waals surface area contributed by atoms with Gasteiger partial charge in [0.25, 0.3) is 5.56 Å². The Hall–Kier alpha value is -2.94. The van der Waals surface area contributed by atoms with Gasteiger partial charge in [-0.15, -0.1) is 12.4 Å². The third kappa shape index (κ3) is 2.42. The quantitative estimate of drug-likeness (QED) is 0.375. The van der Waals surface area contributed by atoms with Gasteiger partial charge < -0.3 is 25.3 Å².